The summed E-state index contributed by atoms with van der Waals surface area (Å²) in [6.45, 7) is 0. The van der Waals surface area contributed by atoms with Crippen molar-refractivity contribution >= 4 is 0 Å². The van der Waals surface area contributed by atoms with Crippen LogP contribution in [-0.2, 0) is 0 Å². The van der Waals surface area contributed by atoms with Crippen LogP contribution < -0.4 is 0 Å². The molecule has 0 radical (unpaired) electrons. The molecule has 1 heteroatoms. The lowest BCUT2D eigenvalue weighted by atomic mass is 9.93. The standard InChI is InChI=1S/C19H13N/c20-14-15-11-12-18(16-7-3-1-4-8-16)19(13-15)17-9-5-2-6-10-17/h1-13H. The summed E-state index contributed by atoms with van der Waals surface area (Å²) in [7, 11) is 0. The lowest BCUT2D eigenvalue weighted by Gasteiger charge is -2.10. The maximum absolute atomic E-state index is 9.12. The Kier molecular flexibility index (Phi) is 3.31. The van der Waals surface area contributed by atoms with Gasteiger partial charge < -0.3 is 0 Å². The molecule has 0 bridgehead atoms. The molecule has 0 saturated carbocycles. The van der Waals surface area contributed by atoms with Crippen molar-refractivity contribution in [1.29, 1.82) is 5.26 Å². The minimum atomic E-state index is 0.684. The molecule has 0 unspecified atom stereocenters. The Labute approximate surface area is 118 Å². The molecule has 3 rings (SSSR count). The van der Waals surface area contributed by atoms with Gasteiger partial charge in [0.25, 0.3) is 0 Å². The summed E-state index contributed by atoms with van der Waals surface area (Å²) >= 11 is 0. The van der Waals surface area contributed by atoms with E-state index >= 15 is 0 Å². The number of nitriles is 1. The molecular weight excluding hydrogens is 242 g/mol. The SMILES string of the molecule is N#Cc1ccc(-c2ccccc2)c(-c2ccccc2)c1. The van der Waals surface area contributed by atoms with Gasteiger partial charge in [0.05, 0.1) is 11.6 Å². The molecule has 0 heterocycles. The van der Waals surface area contributed by atoms with E-state index < -0.39 is 0 Å². The Morgan fingerprint density at radius 1 is 0.600 bits per heavy atom. The Bertz CT molecular complexity index is 753. The van der Waals surface area contributed by atoms with Crippen LogP contribution in [0.5, 0.6) is 0 Å². The second-order valence-corrected chi connectivity index (χ2v) is 4.60. The minimum absolute atomic E-state index is 0.684. The Morgan fingerprint density at radius 2 is 1.15 bits per heavy atom. The molecule has 0 N–H and O–H groups in total. The summed E-state index contributed by atoms with van der Waals surface area (Å²) in [5.41, 5.74) is 5.22. The zero-order chi connectivity index (χ0) is 13.8. The summed E-state index contributed by atoms with van der Waals surface area (Å²) in [5.74, 6) is 0. The first kappa shape index (κ1) is 12.2. The van der Waals surface area contributed by atoms with Crippen LogP contribution in [0.1, 0.15) is 5.56 Å². The molecule has 94 valence electrons. The fraction of sp³-hybridized carbons (Fsp3) is 0. The highest BCUT2D eigenvalue weighted by Crippen LogP contribution is 2.32. The van der Waals surface area contributed by atoms with E-state index in [1.165, 1.54) is 0 Å². The first-order valence-corrected chi connectivity index (χ1v) is 6.53. The number of nitrogens with zero attached hydrogens (tertiary/aromatic N) is 1. The first-order valence-electron chi connectivity index (χ1n) is 6.53. The van der Waals surface area contributed by atoms with E-state index in [-0.39, 0.29) is 0 Å². The van der Waals surface area contributed by atoms with Gasteiger partial charge in [0.1, 0.15) is 0 Å². The number of hydrogen-bond donors (Lipinski definition) is 0. The van der Waals surface area contributed by atoms with Crippen LogP contribution in [0.25, 0.3) is 22.3 Å². The smallest absolute Gasteiger partial charge is 0.0991 e. The maximum atomic E-state index is 9.12. The second-order valence-electron chi connectivity index (χ2n) is 4.60. The van der Waals surface area contributed by atoms with Gasteiger partial charge in [0.15, 0.2) is 0 Å². The molecule has 0 atom stereocenters. The zero-order valence-corrected chi connectivity index (χ0v) is 11.0. The van der Waals surface area contributed by atoms with Crippen LogP contribution in [0.4, 0.5) is 0 Å². The van der Waals surface area contributed by atoms with Crippen molar-refractivity contribution in [2.45, 2.75) is 0 Å². The molecule has 0 aliphatic rings. The molecule has 1 nitrogen and oxygen atoms in total. The third kappa shape index (κ3) is 2.32. The largest absolute Gasteiger partial charge is 0.192 e. The molecule has 0 saturated heterocycles. The Morgan fingerprint density at radius 3 is 1.70 bits per heavy atom. The quantitative estimate of drug-likeness (QED) is 0.639. The highest BCUT2D eigenvalue weighted by atomic mass is 14.2. The Balaban J connectivity index is 2.23. The van der Waals surface area contributed by atoms with Crippen LogP contribution in [0.3, 0.4) is 0 Å². The molecule has 0 aliphatic carbocycles. The van der Waals surface area contributed by atoms with Crippen LogP contribution in [0.15, 0.2) is 78.9 Å². The molecule has 3 aromatic carbocycles. The lowest BCUT2D eigenvalue weighted by Crippen LogP contribution is -1.87. The van der Waals surface area contributed by atoms with Crippen molar-refractivity contribution < 1.29 is 0 Å². The molecule has 0 aliphatic heterocycles. The van der Waals surface area contributed by atoms with E-state index in [2.05, 4.69) is 30.3 Å². The van der Waals surface area contributed by atoms with Gasteiger partial charge in [-0.2, -0.15) is 5.26 Å². The number of benzene rings is 3. The summed E-state index contributed by atoms with van der Waals surface area (Å²) in [6, 6.07) is 28.5. The molecular formula is C19H13N. The summed E-state index contributed by atoms with van der Waals surface area (Å²) in [5, 5.41) is 9.12. The van der Waals surface area contributed by atoms with E-state index in [1.54, 1.807) is 0 Å². The van der Waals surface area contributed by atoms with Gasteiger partial charge >= 0.3 is 0 Å². The number of hydrogen-bond acceptors (Lipinski definition) is 1. The third-order valence-corrected chi connectivity index (χ3v) is 3.32. The zero-order valence-electron chi connectivity index (χ0n) is 11.0. The van der Waals surface area contributed by atoms with Gasteiger partial charge in [0.2, 0.25) is 0 Å². The van der Waals surface area contributed by atoms with Gasteiger partial charge in [-0.1, -0.05) is 66.7 Å². The van der Waals surface area contributed by atoms with E-state index in [1.807, 2.05) is 54.6 Å². The van der Waals surface area contributed by atoms with E-state index in [0.29, 0.717) is 5.56 Å². The summed E-state index contributed by atoms with van der Waals surface area (Å²) < 4.78 is 0. The highest BCUT2D eigenvalue weighted by Gasteiger charge is 2.08. The van der Waals surface area contributed by atoms with Gasteiger partial charge in [-0.25, -0.2) is 0 Å². The fourth-order valence-electron chi connectivity index (χ4n) is 2.34. The van der Waals surface area contributed by atoms with Crippen molar-refractivity contribution in [3.63, 3.8) is 0 Å². The van der Waals surface area contributed by atoms with E-state index in [0.717, 1.165) is 22.3 Å². The van der Waals surface area contributed by atoms with Gasteiger partial charge in [-0.05, 0) is 34.4 Å². The molecule has 0 amide bonds. The monoisotopic (exact) mass is 255 g/mol. The molecule has 20 heavy (non-hydrogen) atoms. The fourth-order valence-corrected chi connectivity index (χ4v) is 2.34. The predicted octanol–water partition coefficient (Wildman–Crippen LogP) is 4.89. The molecule has 0 fully saturated rings. The topological polar surface area (TPSA) is 23.8 Å². The third-order valence-electron chi connectivity index (χ3n) is 3.32. The van der Waals surface area contributed by atoms with Crippen molar-refractivity contribution in [1.82, 2.24) is 0 Å². The highest BCUT2D eigenvalue weighted by molar-refractivity contribution is 5.84. The molecule has 0 aromatic heterocycles. The van der Waals surface area contributed by atoms with Crippen molar-refractivity contribution in [3.05, 3.63) is 84.4 Å². The molecule has 3 aromatic rings. The van der Waals surface area contributed by atoms with Crippen molar-refractivity contribution in [2.24, 2.45) is 0 Å². The van der Waals surface area contributed by atoms with Crippen LogP contribution in [0.2, 0.25) is 0 Å². The normalized spacial score (nSPS) is 9.95. The summed E-state index contributed by atoms with van der Waals surface area (Å²) in [4.78, 5) is 0. The van der Waals surface area contributed by atoms with Crippen LogP contribution >= 0.6 is 0 Å². The van der Waals surface area contributed by atoms with Crippen molar-refractivity contribution in [3.8, 4) is 28.3 Å². The lowest BCUT2D eigenvalue weighted by molar-refractivity contribution is 1.48. The average molecular weight is 255 g/mol. The number of rotatable bonds is 2. The minimum Gasteiger partial charge on any atom is -0.192 e. The second kappa shape index (κ2) is 5.42. The Hall–Kier alpha value is -2.85. The van der Waals surface area contributed by atoms with Crippen LogP contribution in [-0.4, -0.2) is 0 Å². The van der Waals surface area contributed by atoms with Crippen LogP contribution in [0, 0.1) is 11.3 Å². The van der Waals surface area contributed by atoms with E-state index in [9.17, 15) is 0 Å². The maximum Gasteiger partial charge on any atom is 0.0991 e. The van der Waals surface area contributed by atoms with Gasteiger partial charge in [-0.3, -0.25) is 0 Å². The summed E-state index contributed by atoms with van der Waals surface area (Å²) in [6.07, 6.45) is 0. The van der Waals surface area contributed by atoms with E-state index in [4.69, 9.17) is 5.26 Å². The van der Waals surface area contributed by atoms with Gasteiger partial charge in [0, 0.05) is 0 Å². The van der Waals surface area contributed by atoms with Gasteiger partial charge in [-0.15, -0.1) is 0 Å². The first-order chi connectivity index (χ1) is 9.88. The average Bonchev–Trinajstić information content (AvgIpc) is 2.56. The van der Waals surface area contributed by atoms with Crippen molar-refractivity contribution in [2.75, 3.05) is 0 Å². The predicted molar refractivity (Wildman–Crippen MR) is 82.0 cm³/mol. The molecule has 0 spiro atoms.